The third kappa shape index (κ3) is 3.52. The number of pyridine rings is 1. The fraction of sp³-hybridized carbons (Fsp3) is 0.471. The van der Waals surface area contributed by atoms with E-state index in [0.717, 1.165) is 11.3 Å². The maximum absolute atomic E-state index is 13.0. The van der Waals surface area contributed by atoms with Crippen molar-refractivity contribution in [3.8, 4) is 0 Å². The van der Waals surface area contributed by atoms with Gasteiger partial charge < -0.3 is 9.64 Å². The zero-order chi connectivity index (χ0) is 18.3. The molecule has 6 nitrogen and oxygen atoms in total. The lowest BCUT2D eigenvalue weighted by atomic mass is 9.99. The smallest absolute Gasteiger partial charge is 0.272 e. The average molecular weight is 383 g/mol. The minimum atomic E-state index is -0.121. The fourth-order valence-corrected chi connectivity index (χ4v) is 3.61. The second kappa shape index (κ2) is 6.94. The molecule has 0 aliphatic carbocycles. The number of nitrogens with zero attached hydrogens (tertiary/aromatic N) is 4. The van der Waals surface area contributed by atoms with Crippen LogP contribution >= 0.6 is 23.2 Å². The Kier molecular flexibility index (Phi) is 5.04. The van der Waals surface area contributed by atoms with Crippen LogP contribution in [0.25, 0.3) is 0 Å². The van der Waals surface area contributed by atoms with Crippen LogP contribution in [-0.4, -0.2) is 38.7 Å². The lowest BCUT2D eigenvalue weighted by Crippen LogP contribution is -2.30. The van der Waals surface area contributed by atoms with Crippen LogP contribution in [0.2, 0.25) is 10.0 Å². The molecule has 1 aliphatic rings. The van der Waals surface area contributed by atoms with Gasteiger partial charge in [0.1, 0.15) is 5.69 Å². The van der Waals surface area contributed by atoms with Crippen LogP contribution in [0.4, 0.5) is 0 Å². The molecule has 0 unspecified atom stereocenters. The van der Waals surface area contributed by atoms with E-state index in [0.29, 0.717) is 27.9 Å². The molecule has 0 bridgehead atoms. The van der Waals surface area contributed by atoms with Crippen molar-refractivity contribution >= 4 is 29.1 Å². The Labute approximate surface area is 156 Å². The van der Waals surface area contributed by atoms with Crippen molar-refractivity contribution in [3.63, 3.8) is 0 Å². The van der Waals surface area contributed by atoms with E-state index < -0.39 is 0 Å². The quantitative estimate of drug-likeness (QED) is 0.815. The summed E-state index contributed by atoms with van der Waals surface area (Å²) in [7, 11) is 3.50. The summed E-state index contributed by atoms with van der Waals surface area (Å²) in [5.41, 5.74) is 2.98. The Morgan fingerprint density at radius 2 is 2.16 bits per heavy atom. The highest BCUT2D eigenvalue weighted by Crippen LogP contribution is 2.31. The molecular formula is C17H20Cl2N4O2. The minimum absolute atomic E-state index is 0.0518. The topological polar surface area (TPSA) is 60.2 Å². The van der Waals surface area contributed by atoms with E-state index in [2.05, 4.69) is 10.1 Å². The summed E-state index contributed by atoms with van der Waals surface area (Å²) in [5, 5.41) is 5.40. The molecule has 2 atom stereocenters. The molecule has 0 saturated heterocycles. The van der Waals surface area contributed by atoms with E-state index in [1.54, 1.807) is 29.7 Å². The van der Waals surface area contributed by atoms with Gasteiger partial charge in [-0.25, -0.2) is 0 Å². The zero-order valence-corrected chi connectivity index (χ0v) is 16.1. The van der Waals surface area contributed by atoms with Crippen molar-refractivity contribution in [2.24, 2.45) is 7.05 Å². The molecule has 3 rings (SSSR count). The Bertz CT molecular complexity index is 821. The molecule has 134 valence electrons. The van der Waals surface area contributed by atoms with Gasteiger partial charge in [-0.3, -0.25) is 14.5 Å². The van der Waals surface area contributed by atoms with Crippen LogP contribution in [0.5, 0.6) is 0 Å². The molecule has 2 aromatic heterocycles. The normalized spacial score (nSPS) is 19.6. The fourth-order valence-electron chi connectivity index (χ4n) is 3.17. The van der Waals surface area contributed by atoms with Gasteiger partial charge in [-0.1, -0.05) is 23.2 Å². The molecular weight excluding hydrogens is 363 g/mol. The van der Waals surface area contributed by atoms with E-state index in [4.69, 9.17) is 27.9 Å². The predicted octanol–water partition coefficient (Wildman–Crippen LogP) is 3.42. The maximum Gasteiger partial charge on any atom is 0.272 e. The number of aryl methyl sites for hydroxylation is 1. The van der Waals surface area contributed by atoms with Crippen molar-refractivity contribution in [2.45, 2.75) is 39.0 Å². The summed E-state index contributed by atoms with van der Waals surface area (Å²) in [6.45, 7) is 4.25. The molecule has 1 amide bonds. The molecule has 3 heterocycles. The van der Waals surface area contributed by atoms with Crippen molar-refractivity contribution in [1.29, 1.82) is 0 Å². The summed E-state index contributed by atoms with van der Waals surface area (Å²) >= 11 is 12.0. The zero-order valence-electron chi connectivity index (χ0n) is 14.6. The molecule has 0 radical (unpaired) electrons. The predicted molar refractivity (Wildman–Crippen MR) is 95.9 cm³/mol. The molecule has 0 fully saturated rings. The summed E-state index contributed by atoms with van der Waals surface area (Å²) in [6, 6.07) is 1.62. The highest BCUT2D eigenvalue weighted by atomic mass is 35.5. The first-order valence-electron chi connectivity index (χ1n) is 8.04. The van der Waals surface area contributed by atoms with Crippen molar-refractivity contribution in [1.82, 2.24) is 19.7 Å². The van der Waals surface area contributed by atoms with Gasteiger partial charge in [0.2, 0.25) is 0 Å². The van der Waals surface area contributed by atoms with Crippen LogP contribution in [0, 0.1) is 0 Å². The van der Waals surface area contributed by atoms with Crippen molar-refractivity contribution < 1.29 is 9.53 Å². The van der Waals surface area contributed by atoms with Gasteiger partial charge in [-0.2, -0.15) is 5.10 Å². The molecule has 1 aliphatic heterocycles. The summed E-state index contributed by atoms with van der Waals surface area (Å²) < 4.78 is 7.44. The highest BCUT2D eigenvalue weighted by molar-refractivity contribution is 6.34. The Balaban J connectivity index is 1.88. The first-order chi connectivity index (χ1) is 11.8. The van der Waals surface area contributed by atoms with Gasteiger partial charge in [0.15, 0.2) is 0 Å². The summed E-state index contributed by atoms with van der Waals surface area (Å²) in [4.78, 5) is 18.8. The third-order valence-electron chi connectivity index (χ3n) is 4.31. The Hall–Kier alpha value is -1.63. The number of aromatic nitrogens is 3. The maximum atomic E-state index is 13.0. The van der Waals surface area contributed by atoms with Crippen molar-refractivity contribution in [3.05, 3.63) is 45.0 Å². The van der Waals surface area contributed by atoms with Gasteiger partial charge >= 0.3 is 0 Å². The molecule has 0 aromatic carbocycles. The highest BCUT2D eigenvalue weighted by Gasteiger charge is 2.32. The average Bonchev–Trinajstić information content (AvgIpc) is 2.85. The number of rotatable bonds is 3. The third-order valence-corrected chi connectivity index (χ3v) is 4.84. The number of carbonyl (C=O) groups excluding carboxylic acids is 1. The molecule has 25 heavy (non-hydrogen) atoms. The molecule has 2 aromatic rings. The number of amides is 1. The van der Waals surface area contributed by atoms with Crippen LogP contribution in [0.3, 0.4) is 0 Å². The number of hydrogen-bond donors (Lipinski definition) is 0. The van der Waals surface area contributed by atoms with Gasteiger partial charge in [-0.15, -0.1) is 0 Å². The molecule has 0 N–H and O–H groups in total. The molecule has 8 heteroatoms. The second-order valence-corrected chi connectivity index (χ2v) is 7.22. The van der Waals surface area contributed by atoms with Gasteiger partial charge in [0.05, 0.1) is 40.2 Å². The monoisotopic (exact) mass is 382 g/mol. The summed E-state index contributed by atoms with van der Waals surface area (Å²) in [6.07, 6.45) is 2.12. The lowest BCUT2D eigenvalue weighted by Gasteiger charge is -2.25. The van der Waals surface area contributed by atoms with Crippen molar-refractivity contribution in [2.75, 3.05) is 7.05 Å². The van der Waals surface area contributed by atoms with Crippen LogP contribution in [0.15, 0.2) is 12.3 Å². The number of halogens is 2. The number of carbonyl (C=O) groups is 1. The van der Waals surface area contributed by atoms with Gasteiger partial charge in [-0.05, 0) is 19.9 Å². The summed E-state index contributed by atoms with van der Waals surface area (Å²) in [5.74, 6) is -0.120. The second-order valence-electron chi connectivity index (χ2n) is 6.37. The standard InChI is InChI=1S/C17H20Cl2N4O2/c1-9-5-12-15(10(2)25-9)21-23(4)16(12)17(24)22(3)8-14-13(19)6-11(18)7-20-14/h6-7,9-10H,5,8H2,1-4H3/t9-,10+/m1/s1. The van der Waals surface area contributed by atoms with E-state index in [9.17, 15) is 4.79 Å². The Morgan fingerprint density at radius 1 is 1.44 bits per heavy atom. The number of ether oxygens (including phenoxy) is 1. The SMILES string of the molecule is C[C@@H]1Cc2c(nn(C)c2C(=O)N(C)Cc2ncc(Cl)cc2Cl)[C@H](C)O1. The van der Waals surface area contributed by atoms with Crippen LogP contribution in [0.1, 0.15) is 47.4 Å². The lowest BCUT2D eigenvalue weighted by molar-refractivity contribution is -0.00713. The molecule has 0 spiro atoms. The van der Waals surface area contributed by atoms with Crippen LogP contribution in [-0.2, 0) is 24.8 Å². The first-order valence-corrected chi connectivity index (χ1v) is 8.80. The van der Waals surface area contributed by atoms with E-state index in [1.165, 1.54) is 6.20 Å². The van der Waals surface area contributed by atoms with E-state index in [-0.39, 0.29) is 24.7 Å². The van der Waals surface area contributed by atoms with Gasteiger partial charge in [0.25, 0.3) is 5.91 Å². The van der Waals surface area contributed by atoms with Gasteiger partial charge in [0, 0.05) is 32.3 Å². The number of fused-ring (bicyclic) bond motifs is 1. The van der Waals surface area contributed by atoms with Crippen LogP contribution < -0.4 is 0 Å². The first kappa shape index (κ1) is 18.2. The van der Waals surface area contributed by atoms with E-state index in [1.807, 2.05) is 13.8 Å². The molecule has 0 saturated carbocycles. The number of hydrogen-bond acceptors (Lipinski definition) is 4. The van der Waals surface area contributed by atoms with E-state index >= 15 is 0 Å². The Morgan fingerprint density at radius 3 is 2.84 bits per heavy atom. The largest absolute Gasteiger partial charge is 0.369 e. The minimum Gasteiger partial charge on any atom is -0.369 e.